The fraction of sp³-hybridized carbons (Fsp3) is 0.455. The average molecular weight is 247 g/mol. The van der Waals surface area contributed by atoms with E-state index in [0.717, 1.165) is 17.7 Å². The van der Waals surface area contributed by atoms with E-state index >= 15 is 0 Å². The Morgan fingerprint density at radius 1 is 1.47 bits per heavy atom. The fourth-order valence-corrected chi connectivity index (χ4v) is 1.87. The molecule has 0 saturated carbocycles. The van der Waals surface area contributed by atoms with Gasteiger partial charge in [0.2, 0.25) is 0 Å². The molecule has 1 rings (SSSR count). The Morgan fingerprint density at radius 2 is 2.27 bits per heavy atom. The van der Waals surface area contributed by atoms with E-state index in [4.69, 9.17) is 21.4 Å². The third-order valence-corrected chi connectivity index (χ3v) is 2.95. The zero-order chi connectivity index (χ0) is 11.1. The normalized spacial score (nSPS) is 10.3. The first-order valence-corrected chi connectivity index (χ1v) is 6.56. The first-order valence-electron chi connectivity index (χ1n) is 4.79. The summed E-state index contributed by atoms with van der Waals surface area (Å²) in [6.45, 7) is 0.593. The van der Waals surface area contributed by atoms with E-state index < -0.39 is 0 Å². The maximum absolute atomic E-state index is 9.10. The van der Waals surface area contributed by atoms with E-state index in [0.29, 0.717) is 17.4 Å². The van der Waals surface area contributed by atoms with Crippen LogP contribution >= 0.6 is 23.4 Å². The van der Waals surface area contributed by atoms with E-state index in [1.54, 1.807) is 17.8 Å². The van der Waals surface area contributed by atoms with Crippen LogP contribution in [0.2, 0.25) is 5.02 Å². The first kappa shape index (κ1) is 12.7. The van der Waals surface area contributed by atoms with E-state index in [1.165, 1.54) is 0 Å². The van der Waals surface area contributed by atoms with Gasteiger partial charge >= 0.3 is 0 Å². The van der Waals surface area contributed by atoms with Crippen LogP contribution in [0, 0.1) is 0 Å². The summed E-state index contributed by atoms with van der Waals surface area (Å²) in [6.07, 6.45) is 3.05. The van der Waals surface area contributed by atoms with E-state index in [1.807, 2.05) is 12.1 Å². The SMILES string of the molecule is CSCCCOc1c(Cl)cccc1CO. The lowest BCUT2D eigenvalue weighted by atomic mass is 10.2. The predicted octanol–water partition coefficient (Wildman–Crippen LogP) is 2.96. The number of hydrogen-bond donors (Lipinski definition) is 1. The molecule has 0 atom stereocenters. The Kier molecular flexibility index (Phi) is 5.91. The molecule has 0 amide bonds. The van der Waals surface area contributed by atoms with Crippen molar-refractivity contribution in [3.8, 4) is 5.75 Å². The van der Waals surface area contributed by atoms with Crippen molar-refractivity contribution in [2.75, 3.05) is 18.6 Å². The number of benzene rings is 1. The van der Waals surface area contributed by atoms with Crippen molar-refractivity contribution in [3.05, 3.63) is 28.8 Å². The molecule has 2 nitrogen and oxygen atoms in total. The Bertz CT molecular complexity index is 305. The summed E-state index contributed by atoms with van der Waals surface area (Å²) in [5.41, 5.74) is 0.742. The maximum atomic E-state index is 9.10. The van der Waals surface area contributed by atoms with Crippen molar-refractivity contribution >= 4 is 23.4 Å². The van der Waals surface area contributed by atoms with Crippen LogP contribution in [0.1, 0.15) is 12.0 Å². The number of halogens is 1. The Labute approximate surface area is 99.6 Å². The van der Waals surface area contributed by atoms with Crippen LogP contribution in [0.25, 0.3) is 0 Å². The number of hydrogen-bond acceptors (Lipinski definition) is 3. The van der Waals surface area contributed by atoms with Crippen LogP contribution in [0.15, 0.2) is 18.2 Å². The molecule has 15 heavy (non-hydrogen) atoms. The van der Waals surface area contributed by atoms with Gasteiger partial charge in [-0.3, -0.25) is 0 Å². The van der Waals surface area contributed by atoms with Crippen LogP contribution in [0.4, 0.5) is 0 Å². The molecule has 4 heteroatoms. The zero-order valence-electron chi connectivity index (χ0n) is 8.70. The van der Waals surface area contributed by atoms with Crippen LogP contribution < -0.4 is 4.74 Å². The summed E-state index contributed by atoms with van der Waals surface area (Å²) in [5.74, 6) is 1.68. The van der Waals surface area contributed by atoms with Gasteiger partial charge in [0.05, 0.1) is 18.2 Å². The maximum Gasteiger partial charge on any atom is 0.143 e. The van der Waals surface area contributed by atoms with E-state index in [2.05, 4.69) is 6.26 Å². The Morgan fingerprint density at radius 3 is 2.93 bits per heavy atom. The van der Waals surface area contributed by atoms with Gasteiger partial charge in [0.1, 0.15) is 5.75 Å². The lowest BCUT2D eigenvalue weighted by Gasteiger charge is -2.11. The van der Waals surface area contributed by atoms with Crippen LogP contribution in [-0.2, 0) is 6.61 Å². The first-order chi connectivity index (χ1) is 7.29. The molecule has 1 aromatic carbocycles. The molecule has 0 aliphatic heterocycles. The minimum Gasteiger partial charge on any atom is -0.492 e. The van der Waals surface area contributed by atoms with Crippen LogP contribution in [0.5, 0.6) is 5.75 Å². The molecule has 0 aliphatic rings. The lowest BCUT2D eigenvalue weighted by Crippen LogP contribution is -2.02. The number of thioether (sulfide) groups is 1. The molecule has 0 aromatic heterocycles. The predicted molar refractivity (Wildman–Crippen MR) is 65.9 cm³/mol. The van der Waals surface area contributed by atoms with Gasteiger partial charge in [-0.2, -0.15) is 11.8 Å². The van der Waals surface area contributed by atoms with Crippen LogP contribution in [-0.4, -0.2) is 23.7 Å². The van der Waals surface area contributed by atoms with E-state index in [9.17, 15) is 0 Å². The van der Waals surface area contributed by atoms with Crippen molar-refractivity contribution < 1.29 is 9.84 Å². The van der Waals surface area contributed by atoms with Gasteiger partial charge in [0.25, 0.3) is 0 Å². The molecule has 0 bridgehead atoms. The molecular formula is C11H15ClO2S. The highest BCUT2D eigenvalue weighted by Crippen LogP contribution is 2.28. The second kappa shape index (κ2) is 6.99. The summed E-state index contributed by atoms with van der Waals surface area (Å²) in [4.78, 5) is 0. The number of aliphatic hydroxyl groups excluding tert-OH is 1. The summed E-state index contributed by atoms with van der Waals surface area (Å²) in [6, 6.07) is 5.39. The topological polar surface area (TPSA) is 29.5 Å². The summed E-state index contributed by atoms with van der Waals surface area (Å²) < 4.78 is 5.56. The third-order valence-electron chi connectivity index (χ3n) is 1.96. The average Bonchev–Trinajstić information content (AvgIpc) is 2.26. The Hall–Kier alpha value is -0.380. The molecular weight excluding hydrogens is 232 g/mol. The second-order valence-electron chi connectivity index (χ2n) is 3.08. The van der Waals surface area contributed by atoms with Gasteiger partial charge in [-0.05, 0) is 24.5 Å². The van der Waals surface area contributed by atoms with Gasteiger partial charge in [0.15, 0.2) is 0 Å². The zero-order valence-corrected chi connectivity index (χ0v) is 10.3. The number of para-hydroxylation sites is 1. The molecule has 0 heterocycles. The number of rotatable bonds is 6. The van der Waals surface area contributed by atoms with E-state index in [-0.39, 0.29) is 6.61 Å². The number of ether oxygens (including phenoxy) is 1. The molecule has 0 saturated heterocycles. The standard InChI is InChI=1S/C11H15ClO2S/c1-15-7-3-6-14-11-9(8-13)4-2-5-10(11)12/h2,4-5,13H,3,6-8H2,1H3. The molecule has 1 aromatic rings. The number of aliphatic hydroxyl groups is 1. The third kappa shape index (κ3) is 3.93. The van der Waals surface area contributed by atoms with Crippen LogP contribution in [0.3, 0.4) is 0 Å². The van der Waals surface area contributed by atoms with Gasteiger partial charge in [-0.1, -0.05) is 23.7 Å². The van der Waals surface area contributed by atoms with Gasteiger partial charge in [-0.25, -0.2) is 0 Å². The highest BCUT2D eigenvalue weighted by Gasteiger charge is 2.06. The summed E-state index contributed by atoms with van der Waals surface area (Å²) >= 11 is 7.77. The molecule has 84 valence electrons. The summed E-state index contributed by atoms with van der Waals surface area (Å²) in [7, 11) is 0. The lowest BCUT2D eigenvalue weighted by molar-refractivity contribution is 0.263. The highest BCUT2D eigenvalue weighted by molar-refractivity contribution is 7.98. The van der Waals surface area contributed by atoms with Gasteiger partial charge in [0, 0.05) is 5.56 Å². The van der Waals surface area contributed by atoms with Crippen molar-refractivity contribution in [2.45, 2.75) is 13.0 Å². The fourth-order valence-electron chi connectivity index (χ4n) is 1.22. The molecule has 1 N–H and O–H groups in total. The van der Waals surface area contributed by atoms with Gasteiger partial charge in [-0.15, -0.1) is 0 Å². The summed E-state index contributed by atoms with van der Waals surface area (Å²) in [5, 5.41) is 9.66. The largest absolute Gasteiger partial charge is 0.492 e. The Balaban J connectivity index is 2.58. The molecule has 0 unspecified atom stereocenters. The highest BCUT2D eigenvalue weighted by atomic mass is 35.5. The monoisotopic (exact) mass is 246 g/mol. The van der Waals surface area contributed by atoms with Crippen molar-refractivity contribution in [2.24, 2.45) is 0 Å². The second-order valence-corrected chi connectivity index (χ2v) is 4.47. The van der Waals surface area contributed by atoms with Gasteiger partial charge < -0.3 is 9.84 Å². The minimum atomic E-state index is -0.0432. The molecule has 0 fully saturated rings. The van der Waals surface area contributed by atoms with Crippen molar-refractivity contribution in [1.29, 1.82) is 0 Å². The molecule has 0 aliphatic carbocycles. The van der Waals surface area contributed by atoms with Crippen molar-refractivity contribution in [1.82, 2.24) is 0 Å². The smallest absolute Gasteiger partial charge is 0.143 e. The molecule has 0 spiro atoms. The minimum absolute atomic E-state index is 0.0432. The quantitative estimate of drug-likeness (QED) is 0.783. The molecule has 0 radical (unpaired) electrons. The van der Waals surface area contributed by atoms with Crippen molar-refractivity contribution in [3.63, 3.8) is 0 Å².